The zero-order valence-corrected chi connectivity index (χ0v) is 11.7. The first-order valence-corrected chi connectivity index (χ1v) is 6.90. The molecular weight excluding hydrogens is 282 g/mol. The molecule has 0 atom stereocenters. The summed E-state index contributed by atoms with van der Waals surface area (Å²) < 4.78 is 17.4. The SMILES string of the molecule is Cc1ccc(CO)cc1C.O=[P+](O)O.O=[P+](O)O. The molecule has 0 unspecified atom stereocenters. The zero-order chi connectivity index (χ0) is 14.7. The van der Waals surface area contributed by atoms with Gasteiger partial charge in [0.2, 0.25) is 0 Å². The monoisotopic (exact) mass is 298 g/mol. The summed E-state index contributed by atoms with van der Waals surface area (Å²) in [4.78, 5) is 28.5. The van der Waals surface area contributed by atoms with Gasteiger partial charge in [0, 0.05) is 9.13 Å². The van der Waals surface area contributed by atoms with Crippen molar-refractivity contribution >= 4 is 16.5 Å². The van der Waals surface area contributed by atoms with Crippen LogP contribution >= 0.6 is 16.5 Å². The molecule has 0 aromatic heterocycles. The third-order valence-corrected chi connectivity index (χ3v) is 1.75. The van der Waals surface area contributed by atoms with Crippen LogP contribution in [0.25, 0.3) is 0 Å². The quantitative estimate of drug-likeness (QED) is 0.489. The molecule has 1 rings (SSSR count). The molecule has 0 bridgehead atoms. The summed E-state index contributed by atoms with van der Waals surface area (Å²) >= 11 is 0. The van der Waals surface area contributed by atoms with Gasteiger partial charge in [-0.05, 0) is 30.5 Å². The molecule has 7 nitrogen and oxygen atoms in total. The Hall–Kier alpha value is -0.780. The molecular formula is C9H16O7P2+2. The van der Waals surface area contributed by atoms with E-state index in [0.29, 0.717) is 0 Å². The Balaban J connectivity index is 0. The highest BCUT2D eigenvalue weighted by atomic mass is 31.1. The first-order valence-electron chi connectivity index (χ1n) is 4.57. The molecule has 102 valence electrons. The first kappa shape index (κ1) is 19.6. The van der Waals surface area contributed by atoms with Crippen LogP contribution in [0.1, 0.15) is 16.7 Å². The van der Waals surface area contributed by atoms with Crippen molar-refractivity contribution in [2.45, 2.75) is 20.5 Å². The largest absolute Gasteiger partial charge is 0.692 e. The molecule has 0 amide bonds. The second kappa shape index (κ2) is 11.3. The molecule has 0 saturated heterocycles. The van der Waals surface area contributed by atoms with Crippen molar-refractivity contribution in [3.05, 3.63) is 34.9 Å². The normalized spacial score (nSPS) is 8.39. The van der Waals surface area contributed by atoms with Crippen molar-refractivity contribution in [3.63, 3.8) is 0 Å². The second-order valence-corrected chi connectivity index (χ2v) is 4.09. The van der Waals surface area contributed by atoms with Crippen LogP contribution in [0.5, 0.6) is 0 Å². The summed E-state index contributed by atoms with van der Waals surface area (Å²) in [6, 6.07) is 5.98. The van der Waals surface area contributed by atoms with Crippen molar-refractivity contribution in [1.82, 2.24) is 0 Å². The summed E-state index contributed by atoms with van der Waals surface area (Å²) in [6.45, 7) is 4.26. The molecule has 1 aromatic carbocycles. The Morgan fingerprint density at radius 2 is 1.33 bits per heavy atom. The van der Waals surface area contributed by atoms with Crippen LogP contribution in [0.2, 0.25) is 0 Å². The minimum atomic E-state index is -2.87. The highest BCUT2D eigenvalue weighted by Gasteiger charge is 1.93. The van der Waals surface area contributed by atoms with E-state index in [-0.39, 0.29) is 6.61 Å². The van der Waals surface area contributed by atoms with E-state index in [1.54, 1.807) is 0 Å². The Kier molecular flexibility index (Phi) is 12.3. The minimum absolute atomic E-state index is 0.140. The van der Waals surface area contributed by atoms with Gasteiger partial charge in [0.15, 0.2) is 0 Å². The molecule has 0 aliphatic rings. The smallest absolute Gasteiger partial charge is 0.392 e. The fourth-order valence-electron chi connectivity index (χ4n) is 0.902. The summed E-state index contributed by atoms with van der Waals surface area (Å²) in [5.41, 5.74) is 3.51. The van der Waals surface area contributed by atoms with Gasteiger partial charge in [-0.15, -0.1) is 19.6 Å². The Bertz CT molecular complexity index is 375. The fraction of sp³-hybridized carbons (Fsp3) is 0.333. The molecule has 5 N–H and O–H groups in total. The maximum atomic E-state index is 8.75. The van der Waals surface area contributed by atoms with E-state index in [1.165, 1.54) is 11.1 Å². The van der Waals surface area contributed by atoms with Gasteiger partial charge in [0.05, 0.1) is 6.61 Å². The number of hydrogen-bond donors (Lipinski definition) is 5. The topological polar surface area (TPSA) is 135 Å². The minimum Gasteiger partial charge on any atom is -0.392 e. The number of aliphatic hydroxyl groups is 1. The van der Waals surface area contributed by atoms with Gasteiger partial charge in [-0.2, -0.15) is 0 Å². The number of aryl methyl sites for hydroxylation is 2. The number of benzene rings is 1. The molecule has 0 aliphatic heterocycles. The maximum Gasteiger partial charge on any atom is 0.692 e. The van der Waals surface area contributed by atoms with Crippen molar-refractivity contribution in [2.24, 2.45) is 0 Å². The lowest BCUT2D eigenvalue weighted by Crippen LogP contribution is -1.86. The highest BCUT2D eigenvalue weighted by molar-refractivity contribution is 7.31. The molecule has 0 heterocycles. The van der Waals surface area contributed by atoms with Crippen LogP contribution in [0.4, 0.5) is 0 Å². The van der Waals surface area contributed by atoms with Crippen molar-refractivity contribution in [1.29, 1.82) is 0 Å². The van der Waals surface area contributed by atoms with Crippen molar-refractivity contribution in [3.8, 4) is 0 Å². The second-order valence-electron chi connectivity index (χ2n) is 3.08. The fourth-order valence-corrected chi connectivity index (χ4v) is 0.902. The Morgan fingerprint density at radius 1 is 0.944 bits per heavy atom. The van der Waals surface area contributed by atoms with E-state index >= 15 is 0 Å². The number of aliphatic hydroxyl groups excluding tert-OH is 1. The molecule has 0 saturated carbocycles. The molecule has 18 heavy (non-hydrogen) atoms. The van der Waals surface area contributed by atoms with E-state index in [0.717, 1.165) is 5.56 Å². The van der Waals surface area contributed by atoms with Crippen LogP contribution in [0, 0.1) is 13.8 Å². The molecule has 0 fully saturated rings. The van der Waals surface area contributed by atoms with Gasteiger partial charge < -0.3 is 5.11 Å². The average molecular weight is 298 g/mol. The average Bonchev–Trinajstić information content (AvgIpc) is 2.20. The van der Waals surface area contributed by atoms with Crippen molar-refractivity contribution < 1.29 is 33.8 Å². The summed E-state index contributed by atoms with van der Waals surface area (Å²) in [7, 11) is -5.74. The first-order chi connectivity index (χ1) is 8.20. The third-order valence-electron chi connectivity index (χ3n) is 1.75. The Morgan fingerprint density at radius 3 is 1.61 bits per heavy atom. The van der Waals surface area contributed by atoms with Crippen LogP contribution < -0.4 is 0 Å². The van der Waals surface area contributed by atoms with Crippen LogP contribution in [0.3, 0.4) is 0 Å². The van der Waals surface area contributed by atoms with E-state index in [1.807, 2.05) is 18.2 Å². The van der Waals surface area contributed by atoms with Gasteiger partial charge in [-0.3, -0.25) is 0 Å². The predicted molar refractivity (Wildman–Crippen MR) is 65.9 cm³/mol. The van der Waals surface area contributed by atoms with E-state index in [2.05, 4.69) is 13.8 Å². The van der Waals surface area contributed by atoms with E-state index < -0.39 is 16.5 Å². The zero-order valence-electron chi connectivity index (χ0n) is 9.89. The van der Waals surface area contributed by atoms with Crippen LogP contribution in [0.15, 0.2) is 18.2 Å². The number of hydrogen-bond acceptors (Lipinski definition) is 3. The standard InChI is InChI=1S/C9H12O.2HO3P/c1-7-3-4-9(6-10)5-8(7)2;2*1-4(2)3/h3-5,10H,6H2,1-2H3;2*(H-,1,2,3)/p+2. The molecule has 0 aliphatic carbocycles. The lowest BCUT2D eigenvalue weighted by Gasteiger charge is -2.00. The van der Waals surface area contributed by atoms with E-state index in [4.69, 9.17) is 33.8 Å². The Labute approximate surface area is 106 Å². The number of rotatable bonds is 1. The highest BCUT2D eigenvalue weighted by Crippen LogP contribution is 2.08. The molecule has 0 radical (unpaired) electrons. The predicted octanol–water partition coefficient (Wildman–Crippen LogP) is 1.05. The van der Waals surface area contributed by atoms with Gasteiger partial charge in [-0.25, -0.2) is 0 Å². The summed E-state index contributed by atoms with van der Waals surface area (Å²) in [5.74, 6) is 0. The molecule has 9 heteroatoms. The van der Waals surface area contributed by atoms with Gasteiger partial charge in [0.25, 0.3) is 0 Å². The molecule has 1 aromatic rings. The summed E-state index contributed by atoms with van der Waals surface area (Å²) in [6.07, 6.45) is 0. The van der Waals surface area contributed by atoms with E-state index in [9.17, 15) is 0 Å². The van der Waals surface area contributed by atoms with Crippen LogP contribution in [-0.4, -0.2) is 24.7 Å². The lowest BCUT2D eigenvalue weighted by atomic mass is 10.1. The maximum absolute atomic E-state index is 8.75. The lowest BCUT2D eigenvalue weighted by molar-refractivity contribution is 0.281. The van der Waals surface area contributed by atoms with Crippen LogP contribution in [-0.2, 0) is 15.7 Å². The van der Waals surface area contributed by atoms with Crippen molar-refractivity contribution in [2.75, 3.05) is 0 Å². The van der Waals surface area contributed by atoms with Gasteiger partial charge in [0.1, 0.15) is 0 Å². The summed E-state index contributed by atoms with van der Waals surface area (Å²) in [5, 5.41) is 8.75. The van der Waals surface area contributed by atoms with Gasteiger partial charge in [-0.1, -0.05) is 18.2 Å². The molecule has 0 spiro atoms. The van der Waals surface area contributed by atoms with Gasteiger partial charge >= 0.3 is 16.5 Å². The third kappa shape index (κ3) is 15.2.